The van der Waals surface area contributed by atoms with Crippen molar-refractivity contribution >= 4 is 28.4 Å². The molecule has 8 heterocycles. The molecule has 10 bridgehead atoms. The van der Waals surface area contributed by atoms with E-state index in [1.54, 1.807) is 6.20 Å². The fourth-order valence-electron chi connectivity index (χ4n) is 8.91. The van der Waals surface area contributed by atoms with Gasteiger partial charge in [0.1, 0.15) is 29.4 Å². The van der Waals surface area contributed by atoms with Gasteiger partial charge in [-0.25, -0.2) is 9.97 Å². The number of anilines is 1. The monoisotopic (exact) mass is 694 g/mol. The van der Waals surface area contributed by atoms with Crippen molar-refractivity contribution in [1.29, 1.82) is 0 Å². The molecular formula is C40H34N6O6. The Morgan fingerprint density at radius 2 is 1.90 bits per heavy atom. The van der Waals surface area contributed by atoms with Crippen LogP contribution in [0.2, 0.25) is 0 Å². The van der Waals surface area contributed by atoms with Gasteiger partial charge in [-0.05, 0) is 42.0 Å². The van der Waals surface area contributed by atoms with E-state index in [0.29, 0.717) is 47.8 Å². The van der Waals surface area contributed by atoms with Crippen LogP contribution in [0, 0.1) is 5.92 Å². The minimum absolute atomic E-state index is 0.132. The predicted molar refractivity (Wildman–Crippen MR) is 189 cm³/mol. The second kappa shape index (κ2) is 10.6. The third kappa shape index (κ3) is 3.95. The number of nitrogens with zero attached hydrogens (tertiary/aromatic N) is 2. The molecule has 1 fully saturated rings. The number of rotatable bonds is 3. The molecule has 3 aromatic carbocycles. The van der Waals surface area contributed by atoms with Gasteiger partial charge < -0.3 is 39.2 Å². The summed E-state index contributed by atoms with van der Waals surface area (Å²) in [6.45, 7) is 4.52. The number of hydrogen-bond acceptors (Lipinski definition) is 9. The van der Waals surface area contributed by atoms with Crippen molar-refractivity contribution in [2.24, 2.45) is 5.92 Å². The summed E-state index contributed by atoms with van der Waals surface area (Å²) < 4.78 is 26.1. The number of carbonyl (C=O) groups excluding carboxylic acids is 2. The largest absolute Gasteiger partial charge is 0.469 e. The summed E-state index contributed by atoms with van der Waals surface area (Å²) in [5.41, 5.74) is 6.88. The zero-order chi connectivity index (χ0) is 34.9. The minimum Gasteiger partial charge on any atom is -0.469 e. The molecule has 5 atom stereocenters. The van der Waals surface area contributed by atoms with E-state index in [2.05, 4.69) is 57.3 Å². The van der Waals surface area contributed by atoms with Gasteiger partial charge in [-0.15, -0.1) is 0 Å². The second-order valence-corrected chi connectivity index (χ2v) is 14.7. The lowest BCUT2D eigenvalue weighted by atomic mass is 9.72. The summed E-state index contributed by atoms with van der Waals surface area (Å²) in [5, 5.41) is 11.0. The molecule has 1 spiro atoms. The molecule has 0 aliphatic carbocycles. The van der Waals surface area contributed by atoms with Gasteiger partial charge in [0.25, 0.3) is 0 Å². The molecule has 11 rings (SSSR count). The highest BCUT2D eigenvalue weighted by Gasteiger charge is 2.61. The number of H-pyrrole nitrogens is 1. The van der Waals surface area contributed by atoms with Crippen LogP contribution in [0.4, 0.5) is 5.69 Å². The van der Waals surface area contributed by atoms with Gasteiger partial charge in [0.15, 0.2) is 23.4 Å². The Balaban J connectivity index is 1.20. The number of amides is 2. The van der Waals surface area contributed by atoms with E-state index in [1.807, 2.05) is 38.2 Å². The highest BCUT2D eigenvalue weighted by Crippen LogP contribution is 2.61. The van der Waals surface area contributed by atoms with Crippen LogP contribution in [0.25, 0.3) is 44.9 Å². The van der Waals surface area contributed by atoms with Crippen LogP contribution in [0.3, 0.4) is 0 Å². The summed E-state index contributed by atoms with van der Waals surface area (Å²) in [4.78, 5) is 41.0. The SMILES string of the molecule is CC(C)[C@@H]1NC(=O)[C@@H](NC(=O)[C@@H]2CCCO2)Cc2ccc3c(c2)C24c5cccc(c5NC2O3)-c2cccc3[nH]cc(c23)-c2cnc(o2)-c2nc1oc24. The molecule has 5 aliphatic rings. The van der Waals surface area contributed by atoms with Crippen molar-refractivity contribution in [3.05, 3.63) is 95.3 Å². The van der Waals surface area contributed by atoms with Crippen molar-refractivity contribution in [2.45, 2.75) is 62.9 Å². The van der Waals surface area contributed by atoms with Gasteiger partial charge >= 0.3 is 0 Å². The van der Waals surface area contributed by atoms with Gasteiger partial charge in [0, 0.05) is 58.1 Å². The molecule has 5 aliphatic heterocycles. The maximum atomic E-state index is 14.2. The molecule has 6 aromatic rings. The van der Waals surface area contributed by atoms with Crippen molar-refractivity contribution in [3.63, 3.8) is 0 Å². The highest BCUT2D eigenvalue weighted by molar-refractivity contribution is 6.07. The summed E-state index contributed by atoms with van der Waals surface area (Å²) >= 11 is 0. The molecule has 260 valence electrons. The zero-order valence-electron chi connectivity index (χ0n) is 28.4. The standard InChI is InChI=1S/C40H34N6O6/c1-18(2)31-38-45-33-34(52-38)40-23-8-3-7-21(20-6-4-9-25-30(20)22(16-41-25)29-17-42-37(33)50-29)32(23)46-39(40)51-27-12-11-19(14-24(27)40)15-26(35(47)44-31)43-36(48)28-10-5-13-49-28/h3-4,6-9,11-12,14,16-18,26,28,31,39,41,46H,5,10,13,15H2,1-2H3,(H,43,48)(H,44,47)/t26-,28-,31-,39?,40?/m0/s1. The number of hydrogen-bond donors (Lipinski definition) is 4. The maximum absolute atomic E-state index is 14.2. The average Bonchev–Trinajstić information content (AvgIpc) is 3.99. The molecule has 12 nitrogen and oxygen atoms in total. The lowest BCUT2D eigenvalue weighted by Crippen LogP contribution is -2.51. The van der Waals surface area contributed by atoms with Crippen LogP contribution in [0.5, 0.6) is 5.75 Å². The Labute approximate surface area is 297 Å². The van der Waals surface area contributed by atoms with Gasteiger partial charge in [0.2, 0.25) is 23.6 Å². The molecule has 52 heavy (non-hydrogen) atoms. The minimum atomic E-state index is -1.03. The Morgan fingerprint density at radius 3 is 2.77 bits per heavy atom. The Bertz CT molecular complexity index is 2490. The van der Waals surface area contributed by atoms with Crippen molar-refractivity contribution in [2.75, 3.05) is 11.9 Å². The maximum Gasteiger partial charge on any atom is 0.249 e. The first-order valence-electron chi connectivity index (χ1n) is 17.9. The van der Waals surface area contributed by atoms with Crippen LogP contribution < -0.4 is 20.7 Å². The number of ether oxygens (including phenoxy) is 2. The van der Waals surface area contributed by atoms with Crippen LogP contribution >= 0.6 is 0 Å². The van der Waals surface area contributed by atoms with Crippen molar-refractivity contribution in [1.82, 2.24) is 25.6 Å². The van der Waals surface area contributed by atoms with E-state index in [4.69, 9.17) is 28.3 Å². The molecule has 0 radical (unpaired) electrons. The molecular weight excluding hydrogens is 660 g/mol. The number of benzene rings is 3. The summed E-state index contributed by atoms with van der Waals surface area (Å²) in [5.74, 6) is 1.61. The smallest absolute Gasteiger partial charge is 0.249 e. The first-order chi connectivity index (χ1) is 25.4. The number of oxazole rings is 2. The molecule has 2 amide bonds. The fraction of sp³-hybridized carbons (Fsp3) is 0.300. The summed E-state index contributed by atoms with van der Waals surface area (Å²) in [6.07, 6.45) is 4.15. The van der Waals surface area contributed by atoms with E-state index >= 15 is 0 Å². The molecule has 0 saturated carbocycles. The van der Waals surface area contributed by atoms with E-state index in [1.165, 1.54) is 0 Å². The number of carbonyl (C=O) groups is 2. The lowest BCUT2D eigenvalue weighted by Gasteiger charge is -2.29. The van der Waals surface area contributed by atoms with Crippen LogP contribution in [0.1, 0.15) is 61.1 Å². The first-order valence-corrected chi connectivity index (χ1v) is 17.9. The number of aromatic nitrogens is 3. The number of aromatic amines is 1. The first kappa shape index (κ1) is 29.8. The predicted octanol–water partition coefficient (Wildman–Crippen LogP) is 5.97. The summed E-state index contributed by atoms with van der Waals surface area (Å²) in [6, 6.07) is 17.0. The van der Waals surface area contributed by atoms with Gasteiger partial charge in [0.05, 0.1) is 6.20 Å². The second-order valence-electron chi connectivity index (χ2n) is 14.7. The lowest BCUT2D eigenvalue weighted by molar-refractivity contribution is -0.135. The van der Waals surface area contributed by atoms with Gasteiger partial charge in [-0.3, -0.25) is 9.59 Å². The number of nitrogens with one attached hydrogen (secondary N) is 4. The molecule has 4 N–H and O–H groups in total. The van der Waals surface area contributed by atoms with Gasteiger partial charge in [-0.2, -0.15) is 0 Å². The zero-order valence-corrected chi connectivity index (χ0v) is 28.4. The van der Waals surface area contributed by atoms with E-state index in [9.17, 15) is 9.59 Å². The quantitative estimate of drug-likeness (QED) is 0.175. The molecule has 3 aromatic heterocycles. The number of para-hydroxylation sites is 1. The fourth-order valence-corrected chi connectivity index (χ4v) is 8.91. The van der Waals surface area contributed by atoms with E-state index in [0.717, 1.165) is 56.4 Å². The van der Waals surface area contributed by atoms with Crippen LogP contribution in [0.15, 0.2) is 75.8 Å². The number of fused-ring (bicyclic) bond motifs is 7. The average molecular weight is 695 g/mol. The molecule has 12 heteroatoms. The normalized spacial score (nSPS) is 24.8. The van der Waals surface area contributed by atoms with E-state index < -0.39 is 29.8 Å². The van der Waals surface area contributed by atoms with Gasteiger partial charge in [-0.1, -0.05) is 56.3 Å². The van der Waals surface area contributed by atoms with Crippen LogP contribution in [-0.4, -0.2) is 51.7 Å². The highest BCUT2D eigenvalue weighted by atomic mass is 16.5. The third-order valence-electron chi connectivity index (χ3n) is 11.4. The summed E-state index contributed by atoms with van der Waals surface area (Å²) in [7, 11) is 0. The molecule has 2 unspecified atom stereocenters. The topological polar surface area (TPSA) is 157 Å². The van der Waals surface area contributed by atoms with Crippen molar-refractivity contribution < 1.29 is 27.9 Å². The van der Waals surface area contributed by atoms with Crippen LogP contribution in [-0.2, 0) is 26.2 Å². The Morgan fingerprint density at radius 1 is 1.02 bits per heavy atom. The Kier molecular flexibility index (Phi) is 6.06. The van der Waals surface area contributed by atoms with Crippen molar-refractivity contribution in [3.8, 4) is 39.8 Å². The molecule has 1 saturated heterocycles. The van der Waals surface area contributed by atoms with E-state index in [-0.39, 0.29) is 24.2 Å². The Hall–Kier alpha value is -5.88. The third-order valence-corrected chi connectivity index (χ3v) is 11.4.